The average molecular weight is 365 g/mol. The van der Waals surface area contributed by atoms with E-state index >= 15 is 0 Å². The molecule has 2 aromatic carbocycles. The summed E-state index contributed by atoms with van der Waals surface area (Å²) in [5, 5.41) is 0. The van der Waals surface area contributed by atoms with Gasteiger partial charge in [0.2, 0.25) is 0 Å². The summed E-state index contributed by atoms with van der Waals surface area (Å²) in [6.07, 6.45) is 1.32. The molecule has 144 valence electrons. The van der Waals surface area contributed by atoms with Crippen molar-refractivity contribution in [3.8, 4) is 5.75 Å². The Hall–Kier alpha value is -2.00. The molecule has 0 spiro atoms. The van der Waals surface area contributed by atoms with E-state index in [9.17, 15) is 0 Å². The van der Waals surface area contributed by atoms with Gasteiger partial charge >= 0.3 is 0 Å². The first-order valence-corrected chi connectivity index (χ1v) is 10.3. The fourth-order valence-corrected chi connectivity index (χ4v) is 5.08. The van der Waals surface area contributed by atoms with E-state index in [1.165, 1.54) is 24.2 Å². The van der Waals surface area contributed by atoms with Crippen LogP contribution in [0.3, 0.4) is 0 Å². The van der Waals surface area contributed by atoms with Crippen molar-refractivity contribution in [1.29, 1.82) is 0 Å². The first-order valence-electron chi connectivity index (χ1n) is 10.3. The summed E-state index contributed by atoms with van der Waals surface area (Å²) in [7, 11) is 0. The lowest BCUT2D eigenvalue weighted by Gasteiger charge is -2.48. The zero-order chi connectivity index (χ0) is 18.9. The molecule has 0 aromatic heterocycles. The lowest BCUT2D eigenvalue weighted by Crippen LogP contribution is -2.53. The monoisotopic (exact) mass is 364 g/mol. The molecule has 3 heteroatoms. The van der Waals surface area contributed by atoms with Crippen LogP contribution >= 0.6 is 0 Å². The van der Waals surface area contributed by atoms with Gasteiger partial charge in [-0.05, 0) is 54.5 Å². The highest BCUT2D eigenvalue weighted by molar-refractivity contribution is 5.51. The largest absolute Gasteiger partial charge is 0.494 e. The topological polar surface area (TPSA) is 15.7 Å². The third-order valence-electron chi connectivity index (χ3n) is 6.22. The van der Waals surface area contributed by atoms with Crippen LogP contribution in [0.5, 0.6) is 5.75 Å². The van der Waals surface area contributed by atoms with Gasteiger partial charge in [-0.3, -0.25) is 4.90 Å². The SMILES string of the molecule is CCOc1ccc(N2CC3CN(Cc4ccccc4)CC2C(C)(C)C3)cc1. The summed E-state index contributed by atoms with van der Waals surface area (Å²) in [5.74, 6) is 1.68. The Labute approximate surface area is 163 Å². The second kappa shape index (κ2) is 7.55. The molecule has 0 amide bonds. The van der Waals surface area contributed by atoms with Gasteiger partial charge in [0.05, 0.1) is 6.61 Å². The Morgan fingerprint density at radius 3 is 2.41 bits per heavy atom. The second-order valence-corrected chi connectivity index (χ2v) is 8.83. The van der Waals surface area contributed by atoms with E-state index < -0.39 is 0 Å². The molecule has 3 saturated heterocycles. The van der Waals surface area contributed by atoms with Gasteiger partial charge in [0.15, 0.2) is 0 Å². The molecule has 0 radical (unpaired) electrons. The number of anilines is 1. The number of benzene rings is 2. The van der Waals surface area contributed by atoms with Crippen molar-refractivity contribution in [2.24, 2.45) is 11.3 Å². The average Bonchev–Trinajstić information content (AvgIpc) is 2.89. The molecular formula is C24H32N2O. The Morgan fingerprint density at radius 2 is 1.70 bits per heavy atom. The number of hydrogen-bond acceptors (Lipinski definition) is 3. The smallest absolute Gasteiger partial charge is 0.119 e. The minimum Gasteiger partial charge on any atom is -0.494 e. The maximum absolute atomic E-state index is 5.63. The first kappa shape index (κ1) is 18.4. The summed E-state index contributed by atoms with van der Waals surface area (Å²) in [6, 6.07) is 20.2. The van der Waals surface area contributed by atoms with E-state index in [0.717, 1.165) is 32.0 Å². The van der Waals surface area contributed by atoms with Gasteiger partial charge in [0.1, 0.15) is 5.75 Å². The Morgan fingerprint density at radius 1 is 0.963 bits per heavy atom. The number of fused-ring (bicyclic) bond motifs is 4. The third-order valence-corrected chi connectivity index (χ3v) is 6.22. The van der Waals surface area contributed by atoms with Crippen LogP contribution in [-0.2, 0) is 6.54 Å². The lowest BCUT2D eigenvalue weighted by molar-refractivity contribution is 0.190. The van der Waals surface area contributed by atoms with Gasteiger partial charge in [-0.1, -0.05) is 44.2 Å². The predicted octanol–water partition coefficient (Wildman–Crippen LogP) is 4.82. The van der Waals surface area contributed by atoms with Crippen molar-refractivity contribution in [2.45, 2.75) is 39.8 Å². The molecule has 2 atom stereocenters. The van der Waals surface area contributed by atoms with E-state index in [4.69, 9.17) is 4.74 Å². The minimum atomic E-state index is 0.326. The molecule has 3 aliphatic heterocycles. The normalized spacial score (nSPS) is 24.6. The van der Waals surface area contributed by atoms with Gasteiger partial charge in [0, 0.05) is 37.9 Å². The van der Waals surface area contributed by atoms with Crippen LogP contribution in [0, 0.1) is 11.3 Å². The van der Waals surface area contributed by atoms with Crippen LogP contribution in [0.2, 0.25) is 0 Å². The van der Waals surface area contributed by atoms with Crippen LogP contribution in [0.25, 0.3) is 0 Å². The van der Waals surface area contributed by atoms with E-state index in [-0.39, 0.29) is 0 Å². The minimum absolute atomic E-state index is 0.326. The molecule has 0 saturated carbocycles. The summed E-state index contributed by atoms with van der Waals surface area (Å²) in [4.78, 5) is 5.34. The summed E-state index contributed by atoms with van der Waals surface area (Å²) >= 11 is 0. The van der Waals surface area contributed by atoms with Crippen molar-refractivity contribution in [1.82, 2.24) is 4.90 Å². The molecular weight excluding hydrogens is 332 g/mol. The van der Waals surface area contributed by atoms with Crippen LogP contribution in [0.4, 0.5) is 5.69 Å². The van der Waals surface area contributed by atoms with Crippen LogP contribution in [0.15, 0.2) is 54.6 Å². The van der Waals surface area contributed by atoms with E-state index in [2.05, 4.69) is 78.2 Å². The summed E-state index contributed by atoms with van der Waals surface area (Å²) < 4.78 is 5.63. The van der Waals surface area contributed by atoms with Gasteiger partial charge in [0.25, 0.3) is 0 Å². The molecule has 3 aliphatic rings. The number of nitrogens with zero attached hydrogens (tertiary/aromatic N) is 2. The summed E-state index contributed by atoms with van der Waals surface area (Å²) in [5.41, 5.74) is 3.08. The standard InChI is InChI=1S/C24H32N2O/c1-4-27-22-12-10-21(11-13-22)26-17-20-14-24(2,3)23(26)18-25(16-20)15-19-8-6-5-7-9-19/h5-13,20,23H,4,14-18H2,1-3H3. The van der Waals surface area contributed by atoms with Crippen molar-refractivity contribution >= 4 is 5.69 Å². The van der Waals surface area contributed by atoms with E-state index in [1.54, 1.807) is 0 Å². The lowest BCUT2D eigenvalue weighted by atomic mass is 9.73. The van der Waals surface area contributed by atoms with Gasteiger partial charge < -0.3 is 9.64 Å². The molecule has 5 rings (SSSR count). The highest BCUT2D eigenvalue weighted by Gasteiger charge is 2.45. The molecule has 2 bridgehead atoms. The van der Waals surface area contributed by atoms with Crippen molar-refractivity contribution in [2.75, 3.05) is 31.1 Å². The third kappa shape index (κ3) is 3.98. The number of rotatable bonds is 5. The van der Waals surface area contributed by atoms with Crippen LogP contribution < -0.4 is 9.64 Å². The molecule has 2 unspecified atom stereocenters. The number of hydrogen-bond donors (Lipinski definition) is 0. The molecule has 0 aliphatic carbocycles. The fraction of sp³-hybridized carbons (Fsp3) is 0.500. The molecule has 3 nitrogen and oxygen atoms in total. The van der Waals surface area contributed by atoms with E-state index in [1.807, 2.05) is 6.92 Å². The highest BCUT2D eigenvalue weighted by atomic mass is 16.5. The maximum Gasteiger partial charge on any atom is 0.119 e. The molecule has 27 heavy (non-hydrogen) atoms. The Balaban J connectivity index is 1.56. The highest BCUT2D eigenvalue weighted by Crippen LogP contribution is 2.43. The predicted molar refractivity (Wildman–Crippen MR) is 112 cm³/mol. The Kier molecular flexibility index (Phi) is 5.14. The fourth-order valence-electron chi connectivity index (χ4n) is 5.08. The zero-order valence-electron chi connectivity index (χ0n) is 16.9. The Bertz CT molecular complexity index is 741. The maximum atomic E-state index is 5.63. The van der Waals surface area contributed by atoms with Gasteiger partial charge in [-0.15, -0.1) is 0 Å². The molecule has 2 aromatic rings. The zero-order valence-corrected chi connectivity index (χ0v) is 16.9. The van der Waals surface area contributed by atoms with Crippen LogP contribution in [-0.4, -0.2) is 37.2 Å². The molecule has 3 heterocycles. The number of ether oxygens (including phenoxy) is 1. The summed E-state index contributed by atoms with van der Waals surface area (Å²) in [6.45, 7) is 12.2. The van der Waals surface area contributed by atoms with Gasteiger partial charge in [-0.2, -0.15) is 0 Å². The first-order chi connectivity index (χ1) is 13.0. The molecule has 0 N–H and O–H groups in total. The van der Waals surface area contributed by atoms with Gasteiger partial charge in [-0.25, -0.2) is 0 Å². The van der Waals surface area contributed by atoms with Crippen LogP contribution in [0.1, 0.15) is 32.8 Å². The number of piperidine rings is 1. The second-order valence-electron chi connectivity index (χ2n) is 8.83. The quantitative estimate of drug-likeness (QED) is 0.756. The van der Waals surface area contributed by atoms with Crippen molar-refractivity contribution in [3.05, 3.63) is 60.2 Å². The molecule has 3 fully saturated rings. The van der Waals surface area contributed by atoms with Crippen molar-refractivity contribution < 1.29 is 4.74 Å². The van der Waals surface area contributed by atoms with Crippen molar-refractivity contribution in [3.63, 3.8) is 0 Å². The van der Waals surface area contributed by atoms with E-state index in [0.29, 0.717) is 17.4 Å².